The molecule has 5 nitrogen and oxygen atoms in total. The standard InChI is InChI=1S/C15H15ClN2O3S/c1-10-7-8-13(18-22(2,20)21)11(9-10)15(19)17-14-6-4-3-5-12(14)16/h3-9,18H,1-2H3,(H,17,19). The summed E-state index contributed by atoms with van der Waals surface area (Å²) in [4.78, 5) is 12.4. The zero-order valence-corrected chi connectivity index (χ0v) is 13.6. The van der Waals surface area contributed by atoms with Gasteiger partial charge in [0.25, 0.3) is 5.91 Å². The molecule has 0 saturated heterocycles. The van der Waals surface area contributed by atoms with Crippen LogP contribution in [0.1, 0.15) is 15.9 Å². The molecule has 7 heteroatoms. The van der Waals surface area contributed by atoms with Gasteiger partial charge < -0.3 is 5.32 Å². The number of halogens is 1. The summed E-state index contributed by atoms with van der Waals surface area (Å²) in [5, 5.41) is 3.08. The molecule has 2 aromatic rings. The normalized spacial score (nSPS) is 11.0. The lowest BCUT2D eigenvalue weighted by molar-refractivity contribution is 0.102. The second kappa shape index (κ2) is 6.37. The Balaban J connectivity index is 2.36. The molecule has 1 amide bonds. The van der Waals surface area contributed by atoms with E-state index in [4.69, 9.17) is 11.6 Å². The van der Waals surface area contributed by atoms with Gasteiger partial charge in [0.2, 0.25) is 10.0 Å². The number of nitrogens with one attached hydrogen (secondary N) is 2. The molecule has 0 aliphatic carbocycles. The van der Waals surface area contributed by atoms with Gasteiger partial charge in [0, 0.05) is 0 Å². The Morgan fingerprint density at radius 3 is 2.41 bits per heavy atom. The highest BCUT2D eigenvalue weighted by Gasteiger charge is 2.15. The van der Waals surface area contributed by atoms with E-state index in [0.29, 0.717) is 10.7 Å². The maximum absolute atomic E-state index is 12.4. The van der Waals surface area contributed by atoms with Crippen LogP contribution in [0.5, 0.6) is 0 Å². The predicted octanol–water partition coefficient (Wildman–Crippen LogP) is 3.27. The first-order valence-corrected chi connectivity index (χ1v) is 8.67. The van der Waals surface area contributed by atoms with Gasteiger partial charge >= 0.3 is 0 Å². The topological polar surface area (TPSA) is 75.3 Å². The highest BCUT2D eigenvalue weighted by molar-refractivity contribution is 7.92. The summed E-state index contributed by atoms with van der Waals surface area (Å²) >= 11 is 6.01. The van der Waals surface area contributed by atoms with E-state index in [-0.39, 0.29) is 11.3 Å². The highest BCUT2D eigenvalue weighted by Crippen LogP contribution is 2.24. The Kier molecular flexibility index (Phi) is 4.73. The van der Waals surface area contributed by atoms with Crippen LogP contribution in [0.15, 0.2) is 42.5 Å². The lowest BCUT2D eigenvalue weighted by atomic mass is 10.1. The first-order valence-electron chi connectivity index (χ1n) is 6.40. The van der Waals surface area contributed by atoms with E-state index in [1.807, 2.05) is 6.92 Å². The van der Waals surface area contributed by atoms with Gasteiger partial charge in [-0.15, -0.1) is 0 Å². The van der Waals surface area contributed by atoms with E-state index in [0.717, 1.165) is 11.8 Å². The third-order valence-electron chi connectivity index (χ3n) is 2.84. The molecule has 0 aliphatic heterocycles. The van der Waals surface area contributed by atoms with Crippen molar-refractivity contribution in [1.82, 2.24) is 0 Å². The van der Waals surface area contributed by atoms with Crippen LogP contribution in [0.3, 0.4) is 0 Å². The van der Waals surface area contributed by atoms with Gasteiger partial charge in [-0.2, -0.15) is 0 Å². The zero-order valence-electron chi connectivity index (χ0n) is 12.1. The van der Waals surface area contributed by atoms with Gasteiger partial charge in [-0.3, -0.25) is 9.52 Å². The average Bonchev–Trinajstić information content (AvgIpc) is 2.42. The lowest BCUT2D eigenvalue weighted by Gasteiger charge is -2.12. The molecule has 2 aromatic carbocycles. The minimum absolute atomic E-state index is 0.220. The molecule has 0 radical (unpaired) electrons. The van der Waals surface area contributed by atoms with Gasteiger partial charge in [0.15, 0.2) is 0 Å². The molecule has 0 aromatic heterocycles. The Labute approximate surface area is 134 Å². The Bertz CT molecular complexity index is 819. The molecule has 0 saturated carbocycles. The molecule has 2 N–H and O–H groups in total. The summed E-state index contributed by atoms with van der Waals surface area (Å²) in [6.07, 6.45) is 1.03. The number of sulfonamides is 1. The van der Waals surface area contributed by atoms with Gasteiger partial charge in [-0.25, -0.2) is 8.42 Å². The molecular weight excluding hydrogens is 324 g/mol. The second-order valence-corrected chi connectivity index (χ2v) is 7.01. The van der Waals surface area contributed by atoms with Crippen molar-refractivity contribution in [3.8, 4) is 0 Å². The summed E-state index contributed by atoms with van der Waals surface area (Å²) in [6.45, 7) is 1.82. The molecule has 0 atom stereocenters. The van der Waals surface area contributed by atoms with Gasteiger partial charge in [0.05, 0.1) is 28.2 Å². The fraction of sp³-hybridized carbons (Fsp3) is 0.133. The molecule has 0 fully saturated rings. The van der Waals surface area contributed by atoms with E-state index in [1.165, 1.54) is 0 Å². The third kappa shape index (κ3) is 4.22. The zero-order chi connectivity index (χ0) is 16.3. The van der Waals surface area contributed by atoms with Crippen molar-refractivity contribution in [2.75, 3.05) is 16.3 Å². The van der Waals surface area contributed by atoms with E-state index in [2.05, 4.69) is 10.0 Å². The number of hydrogen-bond donors (Lipinski definition) is 2. The molecule has 0 heterocycles. The quantitative estimate of drug-likeness (QED) is 0.898. The molecule has 0 aliphatic rings. The van der Waals surface area contributed by atoms with Crippen LogP contribution in [0.4, 0.5) is 11.4 Å². The van der Waals surface area contributed by atoms with Crippen molar-refractivity contribution in [3.05, 3.63) is 58.6 Å². The monoisotopic (exact) mass is 338 g/mol. The van der Waals surface area contributed by atoms with Gasteiger partial charge in [-0.1, -0.05) is 35.4 Å². The van der Waals surface area contributed by atoms with Crippen LogP contribution >= 0.6 is 11.6 Å². The van der Waals surface area contributed by atoms with Crippen molar-refractivity contribution in [2.45, 2.75) is 6.92 Å². The smallest absolute Gasteiger partial charge is 0.257 e. The van der Waals surface area contributed by atoms with Crippen LogP contribution in [0, 0.1) is 6.92 Å². The summed E-state index contributed by atoms with van der Waals surface area (Å²) in [6, 6.07) is 11.7. The van der Waals surface area contributed by atoms with Crippen LogP contribution in [-0.4, -0.2) is 20.6 Å². The number of benzene rings is 2. The van der Waals surface area contributed by atoms with Crippen LogP contribution in [0.25, 0.3) is 0 Å². The minimum atomic E-state index is -3.48. The Morgan fingerprint density at radius 2 is 1.77 bits per heavy atom. The molecule has 22 heavy (non-hydrogen) atoms. The summed E-state index contributed by atoms with van der Waals surface area (Å²) in [7, 11) is -3.48. The number of para-hydroxylation sites is 1. The predicted molar refractivity (Wildman–Crippen MR) is 89.1 cm³/mol. The van der Waals surface area contributed by atoms with Crippen molar-refractivity contribution < 1.29 is 13.2 Å². The molecule has 0 bridgehead atoms. The molecule has 2 rings (SSSR count). The second-order valence-electron chi connectivity index (χ2n) is 4.86. The largest absolute Gasteiger partial charge is 0.321 e. The Hall–Kier alpha value is -2.05. The fourth-order valence-electron chi connectivity index (χ4n) is 1.89. The number of amides is 1. The maximum atomic E-state index is 12.4. The van der Waals surface area contributed by atoms with Crippen molar-refractivity contribution >= 4 is 38.9 Å². The number of aryl methyl sites for hydroxylation is 1. The highest BCUT2D eigenvalue weighted by atomic mass is 35.5. The number of anilines is 2. The van der Waals surface area contributed by atoms with E-state index >= 15 is 0 Å². The molecular formula is C15H15ClN2O3S. The van der Waals surface area contributed by atoms with E-state index < -0.39 is 15.9 Å². The van der Waals surface area contributed by atoms with Crippen LogP contribution < -0.4 is 10.0 Å². The maximum Gasteiger partial charge on any atom is 0.257 e. The van der Waals surface area contributed by atoms with Crippen molar-refractivity contribution in [2.24, 2.45) is 0 Å². The first kappa shape index (κ1) is 16.3. The SMILES string of the molecule is Cc1ccc(NS(C)(=O)=O)c(C(=O)Nc2ccccc2Cl)c1. The molecule has 0 spiro atoms. The number of rotatable bonds is 4. The summed E-state index contributed by atoms with van der Waals surface area (Å²) < 4.78 is 25.2. The molecule has 0 unspecified atom stereocenters. The fourth-order valence-corrected chi connectivity index (χ4v) is 2.65. The van der Waals surface area contributed by atoms with Crippen molar-refractivity contribution in [1.29, 1.82) is 0 Å². The average molecular weight is 339 g/mol. The summed E-state index contributed by atoms with van der Waals surface area (Å²) in [5.74, 6) is -0.442. The van der Waals surface area contributed by atoms with E-state index in [1.54, 1.807) is 42.5 Å². The van der Waals surface area contributed by atoms with Crippen molar-refractivity contribution in [3.63, 3.8) is 0 Å². The number of carbonyl (C=O) groups is 1. The van der Waals surface area contributed by atoms with Gasteiger partial charge in [-0.05, 0) is 31.2 Å². The van der Waals surface area contributed by atoms with Crippen LogP contribution in [0.2, 0.25) is 5.02 Å². The Morgan fingerprint density at radius 1 is 1.09 bits per heavy atom. The number of carbonyl (C=O) groups excluding carboxylic acids is 1. The lowest BCUT2D eigenvalue weighted by Crippen LogP contribution is -2.18. The summed E-state index contributed by atoms with van der Waals surface area (Å²) in [5.41, 5.74) is 1.74. The van der Waals surface area contributed by atoms with Crippen LogP contribution in [-0.2, 0) is 10.0 Å². The minimum Gasteiger partial charge on any atom is -0.321 e. The van der Waals surface area contributed by atoms with Gasteiger partial charge in [0.1, 0.15) is 0 Å². The number of hydrogen-bond acceptors (Lipinski definition) is 3. The third-order valence-corrected chi connectivity index (χ3v) is 3.76. The molecule has 116 valence electrons. The first-order chi connectivity index (χ1) is 10.3. The van der Waals surface area contributed by atoms with E-state index in [9.17, 15) is 13.2 Å².